The van der Waals surface area contributed by atoms with Crippen molar-refractivity contribution >= 4 is 17.7 Å². The Bertz CT molecular complexity index is 728. The third-order valence-electron chi connectivity index (χ3n) is 4.47. The topological polar surface area (TPSA) is 20.3 Å². The summed E-state index contributed by atoms with van der Waals surface area (Å²) in [7, 11) is 0. The van der Waals surface area contributed by atoms with Crippen LogP contribution in [0.15, 0.2) is 54.6 Å². The van der Waals surface area contributed by atoms with E-state index in [4.69, 9.17) is 0 Å². The molecule has 0 aromatic heterocycles. The minimum Gasteiger partial charge on any atom is -0.305 e. The molecule has 1 aliphatic heterocycles. The number of hydrogen-bond acceptors (Lipinski definition) is 1. The standard InChI is InChI=1S/C21H23NO/c1-15(2)18-11-8-17(9-12-18)10-13-21(23)22-16(3)14-19-6-4-5-7-20(19)22/h4-13,15-16H,14H2,1-3H3/b13-10+. The number of anilines is 1. The average molecular weight is 305 g/mol. The third kappa shape index (κ3) is 3.21. The third-order valence-corrected chi connectivity index (χ3v) is 4.47. The number of hydrogen-bond donors (Lipinski definition) is 0. The van der Waals surface area contributed by atoms with Crippen molar-refractivity contribution < 1.29 is 4.79 Å². The van der Waals surface area contributed by atoms with Crippen LogP contribution < -0.4 is 4.90 Å². The Morgan fingerprint density at radius 2 is 1.83 bits per heavy atom. The number of fused-ring (bicyclic) bond motifs is 1. The predicted molar refractivity (Wildman–Crippen MR) is 96.7 cm³/mol. The summed E-state index contributed by atoms with van der Waals surface area (Å²) < 4.78 is 0. The number of para-hydroxylation sites is 1. The van der Waals surface area contributed by atoms with Crippen molar-refractivity contribution in [3.8, 4) is 0 Å². The highest BCUT2D eigenvalue weighted by atomic mass is 16.2. The van der Waals surface area contributed by atoms with Gasteiger partial charge in [0.2, 0.25) is 0 Å². The van der Waals surface area contributed by atoms with Gasteiger partial charge in [-0.3, -0.25) is 4.79 Å². The maximum Gasteiger partial charge on any atom is 0.251 e. The van der Waals surface area contributed by atoms with Crippen LogP contribution in [0, 0.1) is 0 Å². The first-order valence-corrected chi connectivity index (χ1v) is 8.25. The Morgan fingerprint density at radius 3 is 2.52 bits per heavy atom. The van der Waals surface area contributed by atoms with Gasteiger partial charge in [0, 0.05) is 17.8 Å². The minimum absolute atomic E-state index is 0.0513. The van der Waals surface area contributed by atoms with Gasteiger partial charge in [-0.05, 0) is 48.1 Å². The van der Waals surface area contributed by atoms with Crippen molar-refractivity contribution in [1.82, 2.24) is 0 Å². The molecular weight excluding hydrogens is 282 g/mol. The molecule has 118 valence electrons. The van der Waals surface area contributed by atoms with Crippen molar-refractivity contribution in [1.29, 1.82) is 0 Å². The fourth-order valence-corrected chi connectivity index (χ4v) is 3.14. The Kier molecular flexibility index (Phi) is 4.33. The van der Waals surface area contributed by atoms with E-state index in [1.165, 1.54) is 11.1 Å². The molecule has 0 aliphatic carbocycles. The largest absolute Gasteiger partial charge is 0.305 e. The molecule has 1 atom stereocenters. The quantitative estimate of drug-likeness (QED) is 0.746. The highest BCUT2D eigenvalue weighted by Crippen LogP contribution is 2.32. The molecule has 0 bridgehead atoms. The fraction of sp³-hybridized carbons (Fsp3) is 0.286. The van der Waals surface area contributed by atoms with Crippen molar-refractivity contribution in [3.05, 3.63) is 71.3 Å². The zero-order valence-corrected chi connectivity index (χ0v) is 14.0. The number of benzene rings is 2. The molecule has 23 heavy (non-hydrogen) atoms. The van der Waals surface area contributed by atoms with E-state index >= 15 is 0 Å². The van der Waals surface area contributed by atoms with Crippen LogP contribution in [0.5, 0.6) is 0 Å². The molecule has 2 heteroatoms. The van der Waals surface area contributed by atoms with Crippen molar-refractivity contribution in [2.75, 3.05) is 4.90 Å². The summed E-state index contributed by atoms with van der Waals surface area (Å²) in [5, 5.41) is 0. The smallest absolute Gasteiger partial charge is 0.251 e. The van der Waals surface area contributed by atoms with Crippen LogP contribution in [0.4, 0.5) is 5.69 Å². The number of carbonyl (C=O) groups is 1. The first-order valence-electron chi connectivity index (χ1n) is 8.25. The zero-order valence-electron chi connectivity index (χ0n) is 14.0. The summed E-state index contributed by atoms with van der Waals surface area (Å²) >= 11 is 0. The first-order chi connectivity index (χ1) is 11.1. The number of rotatable bonds is 3. The van der Waals surface area contributed by atoms with E-state index in [0.29, 0.717) is 5.92 Å². The van der Waals surface area contributed by atoms with Crippen LogP contribution in [0.2, 0.25) is 0 Å². The molecule has 0 fully saturated rings. The van der Waals surface area contributed by atoms with Gasteiger partial charge in [-0.2, -0.15) is 0 Å². The second-order valence-corrected chi connectivity index (χ2v) is 6.54. The summed E-state index contributed by atoms with van der Waals surface area (Å²) in [5.41, 5.74) is 4.67. The van der Waals surface area contributed by atoms with E-state index in [1.807, 2.05) is 29.2 Å². The van der Waals surface area contributed by atoms with E-state index in [9.17, 15) is 4.79 Å². The van der Waals surface area contributed by atoms with Gasteiger partial charge in [0.15, 0.2) is 0 Å². The van der Waals surface area contributed by atoms with Gasteiger partial charge in [-0.25, -0.2) is 0 Å². The lowest BCUT2D eigenvalue weighted by Gasteiger charge is -2.20. The van der Waals surface area contributed by atoms with Crippen LogP contribution in [-0.2, 0) is 11.2 Å². The molecule has 0 radical (unpaired) electrons. The molecule has 1 aliphatic rings. The van der Waals surface area contributed by atoms with Gasteiger partial charge < -0.3 is 4.90 Å². The van der Waals surface area contributed by atoms with E-state index in [2.05, 4.69) is 51.1 Å². The molecular formula is C21H23NO. The number of nitrogens with zero attached hydrogens (tertiary/aromatic N) is 1. The summed E-state index contributed by atoms with van der Waals surface area (Å²) in [6.07, 6.45) is 4.52. The summed E-state index contributed by atoms with van der Waals surface area (Å²) in [4.78, 5) is 14.5. The van der Waals surface area contributed by atoms with Crippen LogP contribution >= 0.6 is 0 Å². The van der Waals surface area contributed by atoms with Crippen molar-refractivity contribution in [2.45, 2.75) is 39.2 Å². The van der Waals surface area contributed by atoms with Gasteiger partial charge >= 0.3 is 0 Å². The number of amides is 1. The Balaban J connectivity index is 1.76. The monoisotopic (exact) mass is 305 g/mol. The first kappa shape index (κ1) is 15.5. The molecule has 1 amide bonds. The molecule has 3 rings (SSSR count). The molecule has 0 saturated heterocycles. The Hall–Kier alpha value is -2.35. The lowest BCUT2D eigenvalue weighted by atomic mass is 10.0. The molecule has 2 aromatic rings. The Morgan fingerprint density at radius 1 is 1.13 bits per heavy atom. The molecule has 0 N–H and O–H groups in total. The SMILES string of the molecule is CC(C)c1ccc(/C=C/C(=O)N2c3ccccc3CC2C)cc1. The summed E-state index contributed by atoms with van der Waals surface area (Å²) in [5.74, 6) is 0.576. The van der Waals surface area contributed by atoms with Crippen LogP contribution in [0.25, 0.3) is 6.08 Å². The lowest BCUT2D eigenvalue weighted by molar-refractivity contribution is -0.114. The summed E-state index contributed by atoms with van der Waals surface area (Å²) in [6, 6.07) is 16.8. The maximum atomic E-state index is 12.6. The van der Waals surface area contributed by atoms with Gasteiger partial charge in [0.1, 0.15) is 0 Å². The normalized spacial score (nSPS) is 17.0. The summed E-state index contributed by atoms with van der Waals surface area (Å²) in [6.45, 7) is 6.46. The Labute approximate surface area is 138 Å². The molecule has 0 saturated carbocycles. The van der Waals surface area contributed by atoms with Gasteiger partial charge in [-0.15, -0.1) is 0 Å². The molecule has 2 nitrogen and oxygen atoms in total. The minimum atomic E-state index is 0.0513. The van der Waals surface area contributed by atoms with E-state index in [-0.39, 0.29) is 11.9 Å². The second kappa shape index (κ2) is 6.41. The van der Waals surface area contributed by atoms with E-state index in [1.54, 1.807) is 6.08 Å². The van der Waals surface area contributed by atoms with Gasteiger partial charge in [0.25, 0.3) is 5.91 Å². The van der Waals surface area contributed by atoms with Gasteiger partial charge in [0.05, 0.1) is 0 Å². The zero-order chi connectivity index (χ0) is 16.4. The molecule has 1 unspecified atom stereocenters. The van der Waals surface area contributed by atoms with Crippen LogP contribution in [0.1, 0.15) is 43.4 Å². The maximum absolute atomic E-state index is 12.6. The molecule has 2 aromatic carbocycles. The van der Waals surface area contributed by atoms with Crippen molar-refractivity contribution in [2.24, 2.45) is 0 Å². The average Bonchev–Trinajstić information content (AvgIpc) is 2.88. The van der Waals surface area contributed by atoms with Crippen LogP contribution in [0.3, 0.4) is 0 Å². The molecule has 0 spiro atoms. The highest BCUT2D eigenvalue weighted by molar-refractivity contribution is 6.05. The second-order valence-electron chi connectivity index (χ2n) is 6.54. The number of carbonyl (C=O) groups excluding carboxylic acids is 1. The van der Waals surface area contributed by atoms with Gasteiger partial charge in [-0.1, -0.05) is 56.3 Å². The highest BCUT2D eigenvalue weighted by Gasteiger charge is 2.29. The van der Waals surface area contributed by atoms with E-state index in [0.717, 1.165) is 17.7 Å². The van der Waals surface area contributed by atoms with E-state index < -0.39 is 0 Å². The van der Waals surface area contributed by atoms with Crippen molar-refractivity contribution in [3.63, 3.8) is 0 Å². The lowest BCUT2D eigenvalue weighted by Crippen LogP contribution is -2.34. The predicted octanol–water partition coefficient (Wildman–Crippen LogP) is 4.80. The molecule has 1 heterocycles. The fourth-order valence-electron chi connectivity index (χ4n) is 3.14. The van der Waals surface area contributed by atoms with Crippen LogP contribution in [-0.4, -0.2) is 11.9 Å².